The molecule has 2 N–H and O–H groups in total. The van der Waals surface area contributed by atoms with Gasteiger partial charge in [-0.1, -0.05) is 36.4 Å². The lowest BCUT2D eigenvalue weighted by molar-refractivity contribution is -0.139. The molecule has 0 amide bonds. The molecule has 4 nitrogen and oxygen atoms in total. The number of carboxylic acids is 1. The van der Waals surface area contributed by atoms with E-state index in [0.29, 0.717) is 12.8 Å². The van der Waals surface area contributed by atoms with Gasteiger partial charge in [0, 0.05) is 28.2 Å². The summed E-state index contributed by atoms with van der Waals surface area (Å²) in [7, 11) is 0. The van der Waals surface area contributed by atoms with Gasteiger partial charge in [0.15, 0.2) is 0 Å². The van der Waals surface area contributed by atoms with E-state index in [2.05, 4.69) is 30.5 Å². The number of carboxylic acid groups (broad SMARTS) is 1. The molecule has 1 aromatic heterocycles. The molecular formula is C24H26FNO3. The van der Waals surface area contributed by atoms with E-state index in [9.17, 15) is 14.3 Å². The van der Waals surface area contributed by atoms with Crippen LogP contribution in [0.5, 0.6) is 0 Å². The molecule has 0 saturated carbocycles. The van der Waals surface area contributed by atoms with E-state index in [4.69, 9.17) is 5.11 Å². The van der Waals surface area contributed by atoms with Crippen molar-refractivity contribution >= 4 is 22.9 Å². The molecule has 0 aliphatic heterocycles. The van der Waals surface area contributed by atoms with Gasteiger partial charge in [-0.2, -0.15) is 0 Å². The van der Waals surface area contributed by atoms with Crippen LogP contribution in [0.25, 0.3) is 28.1 Å². The average molecular weight is 395 g/mol. The molecule has 0 fully saturated rings. The van der Waals surface area contributed by atoms with Crippen LogP contribution in [0.2, 0.25) is 0 Å². The fourth-order valence-corrected chi connectivity index (χ4v) is 3.71. The quantitative estimate of drug-likeness (QED) is 0.517. The number of aliphatic hydroxyl groups excluding tert-OH is 1. The molecule has 3 rings (SSSR count). The van der Waals surface area contributed by atoms with Gasteiger partial charge in [-0.25, -0.2) is 4.39 Å². The van der Waals surface area contributed by atoms with Gasteiger partial charge in [-0.3, -0.25) is 4.79 Å². The van der Waals surface area contributed by atoms with E-state index < -0.39 is 12.1 Å². The van der Waals surface area contributed by atoms with Gasteiger partial charge < -0.3 is 14.8 Å². The van der Waals surface area contributed by atoms with Gasteiger partial charge in [0.2, 0.25) is 0 Å². The summed E-state index contributed by atoms with van der Waals surface area (Å²) in [5.74, 6) is -1.27. The maximum absolute atomic E-state index is 13.5. The molecule has 3 aromatic rings. The highest BCUT2D eigenvalue weighted by Gasteiger charge is 2.18. The van der Waals surface area contributed by atoms with Gasteiger partial charge in [-0.05, 0) is 56.5 Å². The number of rotatable bonds is 8. The number of aliphatic carboxylic acids is 1. The van der Waals surface area contributed by atoms with E-state index in [1.54, 1.807) is 12.1 Å². The van der Waals surface area contributed by atoms with Crippen molar-refractivity contribution in [3.05, 3.63) is 66.1 Å². The Bertz CT molecular complexity index is 1020. The summed E-state index contributed by atoms with van der Waals surface area (Å²) < 4.78 is 15.7. The van der Waals surface area contributed by atoms with Crippen molar-refractivity contribution in [2.24, 2.45) is 0 Å². The van der Waals surface area contributed by atoms with Crippen molar-refractivity contribution in [2.75, 3.05) is 0 Å². The van der Waals surface area contributed by atoms with Crippen molar-refractivity contribution < 1.29 is 19.4 Å². The van der Waals surface area contributed by atoms with Crippen molar-refractivity contribution in [1.82, 2.24) is 4.57 Å². The lowest BCUT2D eigenvalue weighted by atomic mass is 10.0. The molecule has 5 heteroatoms. The largest absolute Gasteiger partial charge is 0.481 e. The molecule has 152 valence electrons. The minimum Gasteiger partial charge on any atom is -0.481 e. The Hall–Kier alpha value is -2.92. The second kappa shape index (κ2) is 9.05. The first kappa shape index (κ1) is 20.8. The zero-order valence-electron chi connectivity index (χ0n) is 16.7. The van der Waals surface area contributed by atoms with Crippen LogP contribution in [-0.4, -0.2) is 26.9 Å². The molecule has 0 spiro atoms. The van der Waals surface area contributed by atoms with Gasteiger partial charge in [0.05, 0.1) is 12.5 Å². The molecule has 2 aromatic carbocycles. The summed E-state index contributed by atoms with van der Waals surface area (Å²) in [5, 5.41) is 19.6. The molecule has 0 radical (unpaired) electrons. The van der Waals surface area contributed by atoms with Gasteiger partial charge in [-0.15, -0.1) is 0 Å². The van der Waals surface area contributed by atoms with E-state index in [-0.39, 0.29) is 18.3 Å². The zero-order valence-corrected chi connectivity index (χ0v) is 16.7. The van der Waals surface area contributed by atoms with Crippen molar-refractivity contribution in [3.63, 3.8) is 0 Å². The first-order valence-electron chi connectivity index (χ1n) is 9.83. The van der Waals surface area contributed by atoms with Crippen LogP contribution >= 0.6 is 0 Å². The smallest absolute Gasteiger partial charge is 0.305 e. The molecule has 0 unspecified atom stereocenters. The van der Waals surface area contributed by atoms with Crippen LogP contribution < -0.4 is 0 Å². The van der Waals surface area contributed by atoms with Crippen molar-refractivity contribution in [1.29, 1.82) is 0 Å². The standard InChI is InChI=1S/C24H26FNO3/c1-16(2)26-21-9-6-4-8-20(21)24(17-11-13-18(25)14-12-17)22(26)10-5-3-7-19(27)15-23(28)29/h4-6,8-14,16,19,27H,3,7,15H2,1-2H3,(H,28,29)/b10-5+/t19-/m1/s1. The van der Waals surface area contributed by atoms with E-state index in [1.165, 1.54) is 12.1 Å². The van der Waals surface area contributed by atoms with E-state index in [0.717, 1.165) is 27.7 Å². The molecule has 1 heterocycles. The highest BCUT2D eigenvalue weighted by atomic mass is 19.1. The third kappa shape index (κ3) is 4.74. The highest BCUT2D eigenvalue weighted by Crippen LogP contribution is 2.37. The number of hydrogen-bond acceptors (Lipinski definition) is 2. The number of para-hydroxylation sites is 1. The van der Waals surface area contributed by atoms with Gasteiger partial charge in [0.1, 0.15) is 5.82 Å². The summed E-state index contributed by atoms with van der Waals surface area (Å²) in [6, 6.07) is 14.9. The second-order valence-corrected chi connectivity index (χ2v) is 7.48. The van der Waals surface area contributed by atoms with Gasteiger partial charge in [0.25, 0.3) is 0 Å². The molecule has 0 aliphatic rings. The lowest BCUT2D eigenvalue weighted by Gasteiger charge is -2.14. The van der Waals surface area contributed by atoms with Crippen LogP contribution in [0.1, 0.15) is 44.8 Å². The van der Waals surface area contributed by atoms with Crippen LogP contribution in [0.3, 0.4) is 0 Å². The third-order valence-electron chi connectivity index (χ3n) is 4.95. The Morgan fingerprint density at radius 1 is 1.14 bits per heavy atom. The molecule has 29 heavy (non-hydrogen) atoms. The number of aromatic nitrogens is 1. The number of aliphatic hydroxyl groups is 1. The normalized spacial score (nSPS) is 12.9. The van der Waals surface area contributed by atoms with Crippen LogP contribution in [0.4, 0.5) is 4.39 Å². The first-order valence-corrected chi connectivity index (χ1v) is 9.83. The van der Waals surface area contributed by atoms with Crippen LogP contribution in [-0.2, 0) is 4.79 Å². The van der Waals surface area contributed by atoms with Crippen LogP contribution in [0.15, 0.2) is 54.6 Å². The summed E-state index contributed by atoms with van der Waals surface area (Å²) in [5.41, 5.74) is 4.09. The maximum Gasteiger partial charge on any atom is 0.305 e. The Balaban J connectivity index is 2.03. The minimum absolute atomic E-state index is 0.214. The average Bonchev–Trinajstić information content (AvgIpc) is 2.99. The summed E-state index contributed by atoms with van der Waals surface area (Å²) in [4.78, 5) is 10.7. The van der Waals surface area contributed by atoms with Crippen LogP contribution in [0, 0.1) is 5.82 Å². The van der Waals surface area contributed by atoms with E-state index >= 15 is 0 Å². The fourth-order valence-electron chi connectivity index (χ4n) is 3.71. The van der Waals surface area contributed by atoms with Crippen molar-refractivity contribution in [3.8, 4) is 11.1 Å². The fraction of sp³-hybridized carbons (Fsp3) is 0.292. The Morgan fingerprint density at radius 3 is 2.48 bits per heavy atom. The monoisotopic (exact) mass is 395 g/mol. The second-order valence-electron chi connectivity index (χ2n) is 7.48. The Morgan fingerprint density at radius 2 is 1.83 bits per heavy atom. The number of hydrogen-bond donors (Lipinski definition) is 2. The molecule has 0 aliphatic carbocycles. The number of halogens is 1. The molecule has 0 saturated heterocycles. The summed E-state index contributed by atoms with van der Waals surface area (Å²) in [6.45, 7) is 4.24. The highest BCUT2D eigenvalue weighted by molar-refractivity contribution is 6.01. The van der Waals surface area contributed by atoms with Gasteiger partial charge >= 0.3 is 5.97 Å². The SMILES string of the molecule is CC(C)n1c(/C=C/CC[C@@H](O)CC(=O)O)c(-c2ccc(F)cc2)c2ccccc21. The summed E-state index contributed by atoms with van der Waals surface area (Å²) >= 11 is 0. The Labute approximate surface area is 169 Å². The number of nitrogens with zero attached hydrogens (tertiary/aromatic N) is 1. The predicted molar refractivity (Wildman–Crippen MR) is 114 cm³/mol. The molecule has 1 atom stereocenters. The lowest BCUT2D eigenvalue weighted by Crippen LogP contribution is -2.12. The van der Waals surface area contributed by atoms with Crippen molar-refractivity contribution in [2.45, 2.75) is 45.3 Å². The molecule has 0 bridgehead atoms. The number of fused-ring (bicyclic) bond motifs is 1. The van der Waals surface area contributed by atoms with E-state index in [1.807, 2.05) is 24.3 Å². The number of carbonyl (C=O) groups is 1. The minimum atomic E-state index is -1.000. The molecular weight excluding hydrogens is 369 g/mol. The maximum atomic E-state index is 13.5. The summed E-state index contributed by atoms with van der Waals surface area (Å²) in [6.07, 6.45) is 3.83. The first-order chi connectivity index (χ1) is 13.9. The number of benzene rings is 2. The zero-order chi connectivity index (χ0) is 21.0. The topological polar surface area (TPSA) is 62.5 Å². The third-order valence-corrected chi connectivity index (χ3v) is 4.95. The number of allylic oxidation sites excluding steroid dienone is 1. The predicted octanol–water partition coefficient (Wildman–Crippen LogP) is 5.66. The Kier molecular flexibility index (Phi) is 6.49.